The van der Waals surface area contributed by atoms with Crippen LogP contribution in [0.15, 0.2) is 23.1 Å². The van der Waals surface area contributed by atoms with Crippen LogP contribution in [0.5, 0.6) is 5.75 Å². The molecule has 1 aromatic rings. The van der Waals surface area contributed by atoms with Crippen molar-refractivity contribution in [3.8, 4) is 5.75 Å². The topological polar surface area (TPSA) is 81.4 Å². The highest BCUT2D eigenvalue weighted by atomic mass is 35.5. The summed E-state index contributed by atoms with van der Waals surface area (Å²) in [7, 11) is -2.11. The third-order valence-corrected chi connectivity index (χ3v) is 5.73. The van der Waals surface area contributed by atoms with Gasteiger partial charge in [-0.1, -0.05) is 24.4 Å². The molecule has 0 spiro atoms. The molecular formula is C14H22Cl2N2O3S. The van der Waals surface area contributed by atoms with Crippen molar-refractivity contribution < 1.29 is 13.2 Å². The summed E-state index contributed by atoms with van der Waals surface area (Å²) < 4.78 is 32.7. The van der Waals surface area contributed by atoms with Crippen molar-refractivity contribution in [1.82, 2.24) is 4.72 Å². The first-order chi connectivity index (χ1) is 9.97. The third-order valence-electron chi connectivity index (χ3n) is 3.95. The van der Waals surface area contributed by atoms with E-state index in [0.29, 0.717) is 12.3 Å². The molecule has 0 amide bonds. The molecule has 1 aliphatic carbocycles. The van der Waals surface area contributed by atoms with Crippen molar-refractivity contribution >= 4 is 34.0 Å². The molecule has 0 saturated heterocycles. The molecule has 22 heavy (non-hydrogen) atoms. The van der Waals surface area contributed by atoms with Gasteiger partial charge in [0.1, 0.15) is 5.75 Å². The van der Waals surface area contributed by atoms with E-state index < -0.39 is 10.0 Å². The number of hydrogen-bond donors (Lipinski definition) is 2. The predicted octanol–water partition coefficient (Wildman–Crippen LogP) is 2.57. The van der Waals surface area contributed by atoms with E-state index in [-0.39, 0.29) is 34.3 Å². The van der Waals surface area contributed by atoms with E-state index in [0.717, 1.165) is 25.7 Å². The molecule has 2 atom stereocenters. The van der Waals surface area contributed by atoms with Gasteiger partial charge in [-0.3, -0.25) is 0 Å². The fourth-order valence-electron chi connectivity index (χ4n) is 2.73. The molecular weight excluding hydrogens is 347 g/mol. The highest BCUT2D eigenvalue weighted by Gasteiger charge is 2.28. The van der Waals surface area contributed by atoms with E-state index in [9.17, 15) is 8.42 Å². The summed E-state index contributed by atoms with van der Waals surface area (Å²) in [5.41, 5.74) is 5.74. The number of nitrogens with two attached hydrogens (primary N) is 1. The molecule has 0 radical (unpaired) electrons. The van der Waals surface area contributed by atoms with Crippen LogP contribution in [-0.4, -0.2) is 28.1 Å². The summed E-state index contributed by atoms with van der Waals surface area (Å²) in [6.45, 7) is 0.497. The molecule has 0 heterocycles. The molecule has 2 rings (SSSR count). The molecule has 5 nitrogen and oxygen atoms in total. The van der Waals surface area contributed by atoms with Crippen LogP contribution >= 0.6 is 24.0 Å². The lowest BCUT2D eigenvalue weighted by molar-refractivity contribution is 0.296. The lowest BCUT2D eigenvalue weighted by Gasteiger charge is -2.31. The molecule has 0 bridgehead atoms. The van der Waals surface area contributed by atoms with Crippen LogP contribution in [0.1, 0.15) is 25.7 Å². The highest BCUT2D eigenvalue weighted by molar-refractivity contribution is 7.89. The van der Waals surface area contributed by atoms with E-state index in [2.05, 4.69) is 4.72 Å². The zero-order valence-corrected chi connectivity index (χ0v) is 14.8. The standard InChI is InChI=1S/C14H21ClN2O3S.ClH/c1-20-14-7-6-11(8-12(14)15)21(18,19)17-13-5-3-2-4-10(13)9-16;/h6-8,10,13,17H,2-5,9,16H2,1H3;1H. The van der Waals surface area contributed by atoms with E-state index in [1.54, 1.807) is 6.07 Å². The number of rotatable bonds is 5. The van der Waals surface area contributed by atoms with Crippen molar-refractivity contribution in [3.63, 3.8) is 0 Å². The maximum atomic E-state index is 12.5. The van der Waals surface area contributed by atoms with Crippen LogP contribution in [0.2, 0.25) is 5.02 Å². The number of ether oxygens (including phenoxy) is 1. The lowest BCUT2D eigenvalue weighted by atomic mass is 9.85. The maximum Gasteiger partial charge on any atom is 0.240 e. The number of benzene rings is 1. The first kappa shape index (κ1) is 19.5. The Labute approximate surface area is 143 Å². The van der Waals surface area contributed by atoms with Crippen LogP contribution in [0, 0.1) is 5.92 Å². The van der Waals surface area contributed by atoms with Gasteiger partial charge in [0.2, 0.25) is 10.0 Å². The summed E-state index contributed by atoms with van der Waals surface area (Å²) in [5.74, 6) is 0.648. The van der Waals surface area contributed by atoms with E-state index in [1.165, 1.54) is 19.2 Å². The van der Waals surface area contributed by atoms with Gasteiger partial charge >= 0.3 is 0 Å². The van der Waals surface area contributed by atoms with Crippen molar-refractivity contribution in [3.05, 3.63) is 23.2 Å². The molecule has 3 N–H and O–H groups in total. The second-order valence-electron chi connectivity index (χ2n) is 5.30. The Kier molecular flexibility index (Phi) is 7.41. The van der Waals surface area contributed by atoms with Crippen molar-refractivity contribution in [2.45, 2.75) is 36.6 Å². The summed E-state index contributed by atoms with van der Waals surface area (Å²) >= 11 is 6.00. The normalized spacial score (nSPS) is 22.0. The van der Waals surface area contributed by atoms with Gasteiger partial charge in [-0.25, -0.2) is 13.1 Å². The average Bonchev–Trinajstić information content (AvgIpc) is 2.47. The second kappa shape index (κ2) is 8.36. The van der Waals surface area contributed by atoms with Gasteiger partial charge < -0.3 is 10.5 Å². The van der Waals surface area contributed by atoms with E-state index in [1.807, 2.05) is 0 Å². The van der Waals surface area contributed by atoms with Crippen LogP contribution < -0.4 is 15.2 Å². The Morgan fingerprint density at radius 2 is 2.05 bits per heavy atom. The van der Waals surface area contributed by atoms with E-state index >= 15 is 0 Å². The molecule has 2 unspecified atom stereocenters. The number of halogens is 2. The number of sulfonamides is 1. The molecule has 8 heteroatoms. The predicted molar refractivity (Wildman–Crippen MR) is 90.4 cm³/mol. The van der Waals surface area contributed by atoms with Gasteiger partial charge in [0.25, 0.3) is 0 Å². The molecule has 126 valence electrons. The van der Waals surface area contributed by atoms with E-state index in [4.69, 9.17) is 22.1 Å². The van der Waals surface area contributed by atoms with Crippen LogP contribution in [0.3, 0.4) is 0 Å². The molecule has 1 fully saturated rings. The zero-order valence-electron chi connectivity index (χ0n) is 12.4. The van der Waals surface area contributed by atoms with Gasteiger partial charge in [0.15, 0.2) is 0 Å². The Bertz CT molecular complexity index is 596. The fourth-order valence-corrected chi connectivity index (χ4v) is 4.41. The summed E-state index contributed by atoms with van der Waals surface area (Å²) in [6.07, 6.45) is 3.92. The SMILES string of the molecule is COc1ccc(S(=O)(=O)NC2CCCCC2CN)cc1Cl.Cl. The quantitative estimate of drug-likeness (QED) is 0.836. The Hall–Kier alpha value is -0.530. The largest absolute Gasteiger partial charge is 0.495 e. The zero-order chi connectivity index (χ0) is 15.5. The van der Waals surface area contributed by atoms with Gasteiger partial charge in [-0.15, -0.1) is 12.4 Å². The van der Waals surface area contributed by atoms with Gasteiger partial charge in [0, 0.05) is 6.04 Å². The summed E-state index contributed by atoms with van der Waals surface area (Å²) in [5, 5.41) is 0.277. The molecule has 0 aromatic heterocycles. The molecule has 0 aliphatic heterocycles. The summed E-state index contributed by atoms with van der Waals surface area (Å²) in [6, 6.07) is 4.35. The number of methoxy groups -OCH3 is 1. The Morgan fingerprint density at radius 1 is 1.36 bits per heavy atom. The average molecular weight is 369 g/mol. The first-order valence-corrected chi connectivity index (χ1v) is 8.90. The highest BCUT2D eigenvalue weighted by Crippen LogP contribution is 2.29. The van der Waals surface area contributed by atoms with Crippen molar-refractivity contribution in [2.24, 2.45) is 11.7 Å². The Morgan fingerprint density at radius 3 is 2.64 bits per heavy atom. The van der Waals surface area contributed by atoms with Crippen LogP contribution in [0.4, 0.5) is 0 Å². The number of nitrogens with one attached hydrogen (secondary N) is 1. The van der Waals surface area contributed by atoms with Crippen LogP contribution in [-0.2, 0) is 10.0 Å². The monoisotopic (exact) mass is 368 g/mol. The van der Waals surface area contributed by atoms with Gasteiger partial charge in [0.05, 0.1) is 17.0 Å². The molecule has 1 saturated carbocycles. The summed E-state index contributed by atoms with van der Waals surface area (Å²) in [4.78, 5) is 0.148. The Balaban J connectivity index is 0.00000242. The maximum absolute atomic E-state index is 12.5. The lowest BCUT2D eigenvalue weighted by Crippen LogP contribution is -2.44. The van der Waals surface area contributed by atoms with Gasteiger partial charge in [-0.05, 0) is 43.5 Å². The number of hydrogen-bond acceptors (Lipinski definition) is 4. The van der Waals surface area contributed by atoms with Gasteiger partial charge in [-0.2, -0.15) is 0 Å². The fraction of sp³-hybridized carbons (Fsp3) is 0.571. The second-order valence-corrected chi connectivity index (χ2v) is 7.43. The minimum Gasteiger partial charge on any atom is -0.495 e. The molecule has 1 aromatic carbocycles. The first-order valence-electron chi connectivity index (χ1n) is 7.04. The van der Waals surface area contributed by atoms with Crippen LogP contribution in [0.25, 0.3) is 0 Å². The van der Waals surface area contributed by atoms with Crippen molar-refractivity contribution in [2.75, 3.05) is 13.7 Å². The smallest absolute Gasteiger partial charge is 0.240 e. The third kappa shape index (κ3) is 4.49. The minimum absolute atomic E-state index is 0. The minimum atomic E-state index is -3.60. The molecule has 1 aliphatic rings. The van der Waals surface area contributed by atoms with Crippen molar-refractivity contribution in [1.29, 1.82) is 0 Å².